The summed E-state index contributed by atoms with van der Waals surface area (Å²) in [5.41, 5.74) is 1.73. The number of rotatable bonds is 4. The van der Waals surface area contributed by atoms with Gasteiger partial charge in [-0.15, -0.1) is 0 Å². The highest BCUT2D eigenvalue weighted by Gasteiger charge is 2.25. The standard InChI is InChI=1S/C15H20N4/c16-9-13-3-6-17-11-15(13)19-7-4-14(5-8-19)18-10-12-1-2-12/h3,6,11-12,14,18H,1-2,4-5,7-8,10H2. The molecule has 1 saturated carbocycles. The lowest BCUT2D eigenvalue weighted by molar-refractivity contribution is 0.408. The minimum absolute atomic E-state index is 0.652. The number of pyridine rings is 1. The van der Waals surface area contributed by atoms with E-state index in [0.717, 1.165) is 43.1 Å². The highest BCUT2D eigenvalue weighted by atomic mass is 15.2. The van der Waals surface area contributed by atoms with Crippen LogP contribution in [0.1, 0.15) is 31.2 Å². The molecule has 1 aliphatic carbocycles. The van der Waals surface area contributed by atoms with Crippen LogP contribution in [-0.4, -0.2) is 30.7 Å². The molecule has 1 N–H and O–H groups in total. The molecule has 0 radical (unpaired) electrons. The van der Waals surface area contributed by atoms with Crippen LogP contribution in [0.15, 0.2) is 18.5 Å². The number of anilines is 1. The van der Waals surface area contributed by atoms with Crippen molar-refractivity contribution in [3.05, 3.63) is 24.0 Å². The van der Waals surface area contributed by atoms with Crippen molar-refractivity contribution in [3.63, 3.8) is 0 Å². The van der Waals surface area contributed by atoms with Gasteiger partial charge in [0.1, 0.15) is 6.07 Å². The molecule has 100 valence electrons. The van der Waals surface area contributed by atoms with Crippen LogP contribution < -0.4 is 10.2 Å². The van der Waals surface area contributed by atoms with Crippen molar-refractivity contribution in [2.24, 2.45) is 5.92 Å². The first-order chi connectivity index (χ1) is 9.36. The Kier molecular flexibility index (Phi) is 3.65. The zero-order valence-electron chi connectivity index (χ0n) is 11.2. The van der Waals surface area contributed by atoms with Crippen LogP contribution in [0.2, 0.25) is 0 Å². The van der Waals surface area contributed by atoms with E-state index >= 15 is 0 Å². The third-order valence-electron chi connectivity index (χ3n) is 4.15. The summed E-state index contributed by atoms with van der Waals surface area (Å²) in [4.78, 5) is 6.44. The third-order valence-corrected chi connectivity index (χ3v) is 4.15. The molecular formula is C15H20N4. The summed E-state index contributed by atoms with van der Waals surface area (Å²) >= 11 is 0. The second-order valence-electron chi connectivity index (χ2n) is 5.62. The summed E-state index contributed by atoms with van der Waals surface area (Å²) in [7, 11) is 0. The zero-order chi connectivity index (χ0) is 13.1. The molecule has 1 aliphatic heterocycles. The van der Waals surface area contributed by atoms with E-state index in [2.05, 4.69) is 21.3 Å². The second-order valence-corrected chi connectivity index (χ2v) is 5.62. The van der Waals surface area contributed by atoms with Crippen LogP contribution in [0.4, 0.5) is 5.69 Å². The molecule has 1 saturated heterocycles. The van der Waals surface area contributed by atoms with Gasteiger partial charge in [-0.3, -0.25) is 4.98 Å². The topological polar surface area (TPSA) is 52.0 Å². The van der Waals surface area contributed by atoms with E-state index in [1.54, 1.807) is 12.3 Å². The van der Waals surface area contributed by atoms with Gasteiger partial charge in [0, 0.05) is 25.3 Å². The van der Waals surface area contributed by atoms with E-state index in [1.165, 1.54) is 19.4 Å². The van der Waals surface area contributed by atoms with Crippen LogP contribution in [-0.2, 0) is 0 Å². The SMILES string of the molecule is N#Cc1ccncc1N1CCC(NCC2CC2)CC1. The normalized spacial score (nSPS) is 20.3. The quantitative estimate of drug-likeness (QED) is 0.894. The lowest BCUT2D eigenvalue weighted by atomic mass is 10.0. The van der Waals surface area contributed by atoms with E-state index < -0.39 is 0 Å². The van der Waals surface area contributed by atoms with Gasteiger partial charge >= 0.3 is 0 Å². The van der Waals surface area contributed by atoms with Gasteiger partial charge in [-0.2, -0.15) is 5.26 Å². The zero-order valence-corrected chi connectivity index (χ0v) is 11.2. The fourth-order valence-electron chi connectivity index (χ4n) is 2.71. The Hall–Kier alpha value is -1.60. The van der Waals surface area contributed by atoms with E-state index in [0.29, 0.717) is 6.04 Å². The Balaban J connectivity index is 1.55. The van der Waals surface area contributed by atoms with Crippen LogP contribution in [0.25, 0.3) is 0 Å². The van der Waals surface area contributed by atoms with Crippen molar-refractivity contribution in [3.8, 4) is 6.07 Å². The first kappa shape index (κ1) is 12.4. The minimum atomic E-state index is 0.652. The summed E-state index contributed by atoms with van der Waals surface area (Å²) in [6.45, 7) is 3.23. The van der Waals surface area contributed by atoms with Gasteiger partial charge in [-0.05, 0) is 44.2 Å². The first-order valence-corrected chi connectivity index (χ1v) is 7.19. The van der Waals surface area contributed by atoms with Crippen molar-refractivity contribution >= 4 is 5.69 Å². The molecule has 0 atom stereocenters. The maximum Gasteiger partial charge on any atom is 0.101 e. The largest absolute Gasteiger partial charge is 0.369 e. The molecule has 0 bridgehead atoms. The molecule has 2 fully saturated rings. The highest BCUT2D eigenvalue weighted by molar-refractivity contribution is 5.57. The Bertz CT molecular complexity index is 467. The van der Waals surface area contributed by atoms with Crippen molar-refractivity contribution in [1.82, 2.24) is 10.3 Å². The van der Waals surface area contributed by atoms with Gasteiger partial charge in [0.15, 0.2) is 0 Å². The Morgan fingerprint density at radius 3 is 2.79 bits per heavy atom. The van der Waals surface area contributed by atoms with Gasteiger partial charge in [0.05, 0.1) is 17.4 Å². The second kappa shape index (κ2) is 5.58. The molecule has 1 aromatic heterocycles. The summed E-state index contributed by atoms with van der Waals surface area (Å²) in [5.74, 6) is 0.946. The van der Waals surface area contributed by atoms with Crippen molar-refractivity contribution < 1.29 is 0 Å². The molecular weight excluding hydrogens is 236 g/mol. The third kappa shape index (κ3) is 3.05. The predicted octanol–water partition coefficient (Wildman–Crippen LogP) is 1.92. The van der Waals surface area contributed by atoms with E-state index in [1.807, 2.05) is 6.20 Å². The smallest absolute Gasteiger partial charge is 0.101 e. The fourth-order valence-corrected chi connectivity index (χ4v) is 2.71. The number of nitriles is 1. The number of piperidine rings is 1. The monoisotopic (exact) mass is 256 g/mol. The van der Waals surface area contributed by atoms with E-state index in [4.69, 9.17) is 5.26 Å². The van der Waals surface area contributed by atoms with Crippen molar-refractivity contribution in [1.29, 1.82) is 5.26 Å². The Morgan fingerprint density at radius 2 is 2.11 bits per heavy atom. The van der Waals surface area contributed by atoms with Crippen molar-refractivity contribution in [2.75, 3.05) is 24.5 Å². The summed E-state index contributed by atoms with van der Waals surface area (Å²) in [5, 5.41) is 12.8. The molecule has 0 spiro atoms. The summed E-state index contributed by atoms with van der Waals surface area (Å²) < 4.78 is 0. The molecule has 0 amide bonds. The molecule has 2 heterocycles. The van der Waals surface area contributed by atoms with E-state index in [9.17, 15) is 0 Å². The predicted molar refractivity (Wildman–Crippen MR) is 74.9 cm³/mol. The van der Waals surface area contributed by atoms with Crippen LogP contribution in [0, 0.1) is 17.2 Å². The number of hydrogen-bond acceptors (Lipinski definition) is 4. The maximum atomic E-state index is 9.14. The summed E-state index contributed by atoms with van der Waals surface area (Å²) in [6, 6.07) is 4.71. The van der Waals surface area contributed by atoms with Crippen LogP contribution in [0.5, 0.6) is 0 Å². The maximum absolute atomic E-state index is 9.14. The molecule has 19 heavy (non-hydrogen) atoms. The van der Waals surface area contributed by atoms with Crippen molar-refractivity contribution in [2.45, 2.75) is 31.7 Å². The Morgan fingerprint density at radius 1 is 1.32 bits per heavy atom. The average molecular weight is 256 g/mol. The van der Waals surface area contributed by atoms with Gasteiger partial charge < -0.3 is 10.2 Å². The minimum Gasteiger partial charge on any atom is -0.369 e. The fraction of sp³-hybridized carbons (Fsp3) is 0.600. The number of hydrogen-bond donors (Lipinski definition) is 1. The average Bonchev–Trinajstić information content (AvgIpc) is 3.30. The molecule has 0 aromatic carbocycles. The van der Waals surface area contributed by atoms with Gasteiger partial charge in [-0.25, -0.2) is 0 Å². The summed E-state index contributed by atoms with van der Waals surface area (Å²) in [6.07, 6.45) is 8.64. The Labute approximate surface area is 114 Å². The lowest BCUT2D eigenvalue weighted by Gasteiger charge is -2.34. The van der Waals surface area contributed by atoms with E-state index in [-0.39, 0.29) is 0 Å². The van der Waals surface area contributed by atoms with Crippen LogP contribution >= 0.6 is 0 Å². The lowest BCUT2D eigenvalue weighted by Crippen LogP contribution is -2.43. The van der Waals surface area contributed by atoms with Gasteiger partial charge in [0.2, 0.25) is 0 Å². The molecule has 4 nitrogen and oxygen atoms in total. The highest BCUT2D eigenvalue weighted by Crippen LogP contribution is 2.28. The number of nitrogens with zero attached hydrogens (tertiary/aromatic N) is 3. The molecule has 0 unspecified atom stereocenters. The van der Waals surface area contributed by atoms with Crippen LogP contribution in [0.3, 0.4) is 0 Å². The molecule has 4 heteroatoms. The number of nitrogens with one attached hydrogen (secondary N) is 1. The molecule has 1 aromatic rings. The molecule has 3 rings (SSSR count). The first-order valence-electron chi connectivity index (χ1n) is 7.19. The number of aromatic nitrogens is 1. The molecule has 2 aliphatic rings. The van der Waals surface area contributed by atoms with Gasteiger partial charge in [-0.1, -0.05) is 0 Å². The van der Waals surface area contributed by atoms with Gasteiger partial charge in [0.25, 0.3) is 0 Å².